The van der Waals surface area contributed by atoms with E-state index in [4.69, 9.17) is 5.11 Å². The lowest BCUT2D eigenvalue weighted by Crippen LogP contribution is -2.26. The second kappa shape index (κ2) is 11.8. The van der Waals surface area contributed by atoms with Crippen molar-refractivity contribution in [2.75, 3.05) is 26.4 Å². The molecule has 0 amide bonds. The molecule has 0 bridgehead atoms. The Hall–Kier alpha value is -0.960. The summed E-state index contributed by atoms with van der Waals surface area (Å²) in [4.78, 5) is 4.66. The first kappa shape index (κ1) is 17.1. The Balaban J connectivity index is 1.81. The van der Waals surface area contributed by atoms with Gasteiger partial charge in [-0.1, -0.05) is 51.0 Å². The first-order chi connectivity index (χ1) is 9.86. The average Bonchev–Trinajstić information content (AvgIpc) is 2.89. The lowest BCUT2D eigenvalue weighted by molar-refractivity contribution is 0.276. The predicted molar refractivity (Wildman–Crippen MR) is 86.3 cm³/mol. The van der Waals surface area contributed by atoms with Gasteiger partial charge in [-0.2, -0.15) is 0 Å². The van der Waals surface area contributed by atoms with Crippen LogP contribution in [0.1, 0.15) is 57.8 Å². The van der Waals surface area contributed by atoms with E-state index >= 15 is 0 Å². The molecular weight excluding hydrogens is 248 g/mol. The van der Waals surface area contributed by atoms with Crippen LogP contribution in [0.3, 0.4) is 0 Å². The molecule has 0 spiro atoms. The lowest BCUT2D eigenvalue weighted by Gasteiger charge is -2.19. The molecule has 1 N–H and O–H groups in total. The zero-order chi connectivity index (χ0) is 14.5. The third-order valence-electron chi connectivity index (χ3n) is 3.82. The molecule has 3 nitrogen and oxygen atoms in total. The van der Waals surface area contributed by atoms with Gasteiger partial charge in [-0.25, -0.2) is 0 Å². The van der Waals surface area contributed by atoms with Gasteiger partial charge in [-0.3, -0.25) is 0 Å². The Labute approximate surface area is 125 Å². The van der Waals surface area contributed by atoms with Crippen LogP contribution in [0.15, 0.2) is 25.1 Å². The standard InChI is InChI=1S/C17H32N2O/c1-2-12-18-14-15-19(17-18)13-10-8-6-4-3-5-7-9-11-16-20/h2,14-15,20H,1,3-13,16-17H2. The van der Waals surface area contributed by atoms with Gasteiger partial charge in [0.2, 0.25) is 0 Å². The smallest absolute Gasteiger partial charge is 0.0896 e. The van der Waals surface area contributed by atoms with E-state index in [9.17, 15) is 0 Å². The van der Waals surface area contributed by atoms with Gasteiger partial charge in [0.25, 0.3) is 0 Å². The summed E-state index contributed by atoms with van der Waals surface area (Å²) in [5.41, 5.74) is 0. The number of aliphatic hydroxyl groups is 1. The highest BCUT2D eigenvalue weighted by atomic mass is 16.2. The fraction of sp³-hybridized carbons (Fsp3) is 0.765. The van der Waals surface area contributed by atoms with Gasteiger partial charge in [0.15, 0.2) is 0 Å². The van der Waals surface area contributed by atoms with Crippen LogP contribution >= 0.6 is 0 Å². The lowest BCUT2D eigenvalue weighted by atomic mass is 10.1. The highest BCUT2D eigenvalue weighted by Gasteiger charge is 2.09. The Morgan fingerprint density at radius 2 is 1.40 bits per heavy atom. The molecule has 0 aromatic heterocycles. The first-order valence-electron chi connectivity index (χ1n) is 8.25. The van der Waals surface area contributed by atoms with Gasteiger partial charge < -0.3 is 14.9 Å². The molecule has 0 saturated carbocycles. The largest absolute Gasteiger partial charge is 0.396 e. The van der Waals surface area contributed by atoms with E-state index < -0.39 is 0 Å². The molecular formula is C17H32N2O. The molecule has 116 valence electrons. The molecule has 0 radical (unpaired) electrons. The van der Waals surface area contributed by atoms with E-state index in [2.05, 4.69) is 28.8 Å². The maximum absolute atomic E-state index is 8.69. The molecule has 1 heterocycles. The van der Waals surface area contributed by atoms with E-state index in [-0.39, 0.29) is 0 Å². The SMILES string of the molecule is C=CCN1C=CN(CCCCCCCCCCCO)C1. The average molecular weight is 280 g/mol. The molecule has 0 saturated heterocycles. The highest BCUT2D eigenvalue weighted by molar-refractivity contribution is 4.92. The van der Waals surface area contributed by atoms with Crippen LogP contribution < -0.4 is 0 Å². The molecule has 0 atom stereocenters. The minimum Gasteiger partial charge on any atom is -0.396 e. The minimum atomic E-state index is 0.356. The van der Waals surface area contributed by atoms with Crippen LogP contribution in [0.4, 0.5) is 0 Å². The van der Waals surface area contributed by atoms with Crippen LogP contribution in [-0.2, 0) is 0 Å². The molecule has 1 aliphatic heterocycles. The number of rotatable bonds is 13. The molecule has 20 heavy (non-hydrogen) atoms. The molecule has 1 aliphatic rings. The number of hydrogen-bond acceptors (Lipinski definition) is 3. The second-order valence-electron chi connectivity index (χ2n) is 5.72. The van der Waals surface area contributed by atoms with Gasteiger partial charge in [-0.05, 0) is 12.8 Å². The topological polar surface area (TPSA) is 26.7 Å². The molecule has 0 aliphatic carbocycles. The third kappa shape index (κ3) is 8.26. The number of hydrogen-bond donors (Lipinski definition) is 1. The zero-order valence-electron chi connectivity index (χ0n) is 13.0. The van der Waals surface area contributed by atoms with Crippen LogP contribution in [0.25, 0.3) is 0 Å². The second-order valence-corrected chi connectivity index (χ2v) is 5.72. The summed E-state index contributed by atoms with van der Waals surface area (Å²) in [5, 5.41) is 8.69. The fourth-order valence-corrected chi connectivity index (χ4v) is 2.61. The van der Waals surface area contributed by atoms with Crippen molar-refractivity contribution in [1.82, 2.24) is 9.80 Å². The normalized spacial score (nSPS) is 14.2. The molecule has 0 fully saturated rings. The van der Waals surface area contributed by atoms with Crippen LogP contribution in [-0.4, -0.2) is 41.3 Å². The van der Waals surface area contributed by atoms with Gasteiger partial charge >= 0.3 is 0 Å². The molecule has 1 rings (SSSR count). The Bertz CT molecular complexity index is 266. The minimum absolute atomic E-state index is 0.356. The molecule has 3 heteroatoms. The predicted octanol–water partition coefficient (Wildman–Crippen LogP) is 3.72. The van der Waals surface area contributed by atoms with E-state index in [1.807, 2.05) is 6.08 Å². The summed E-state index contributed by atoms with van der Waals surface area (Å²) in [7, 11) is 0. The fourth-order valence-electron chi connectivity index (χ4n) is 2.61. The summed E-state index contributed by atoms with van der Waals surface area (Å²) in [6.07, 6.45) is 17.9. The van der Waals surface area contributed by atoms with Crippen LogP contribution in [0, 0.1) is 0 Å². The van der Waals surface area contributed by atoms with Crippen molar-refractivity contribution in [3.05, 3.63) is 25.1 Å². The van der Waals surface area contributed by atoms with Crippen molar-refractivity contribution in [3.63, 3.8) is 0 Å². The summed E-state index contributed by atoms with van der Waals surface area (Å²) < 4.78 is 0. The highest BCUT2D eigenvalue weighted by Crippen LogP contribution is 2.11. The molecule has 0 aromatic carbocycles. The van der Waals surface area contributed by atoms with E-state index in [1.54, 1.807) is 0 Å². The summed E-state index contributed by atoms with van der Waals surface area (Å²) in [6, 6.07) is 0. The Kier molecular flexibility index (Phi) is 10.1. The maximum Gasteiger partial charge on any atom is 0.0896 e. The van der Waals surface area contributed by atoms with Gasteiger partial charge in [-0.15, -0.1) is 6.58 Å². The maximum atomic E-state index is 8.69. The Morgan fingerprint density at radius 3 is 2.00 bits per heavy atom. The van der Waals surface area contributed by atoms with Crippen molar-refractivity contribution in [2.45, 2.75) is 57.8 Å². The third-order valence-corrected chi connectivity index (χ3v) is 3.82. The summed E-state index contributed by atoms with van der Waals surface area (Å²) >= 11 is 0. The van der Waals surface area contributed by atoms with Crippen LogP contribution in [0.5, 0.6) is 0 Å². The molecule has 0 aromatic rings. The number of aliphatic hydroxyl groups excluding tert-OH is 1. The van der Waals surface area contributed by atoms with E-state index in [0.29, 0.717) is 6.61 Å². The van der Waals surface area contributed by atoms with Crippen molar-refractivity contribution < 1.29 is 5.11 Å². The van der Waals surface area contributed by atoms with Gasteiger partial charge in [0, 0.05) is 32.1 Å². The van der Waals surface area contributed by atoms with Crippen molar-refractivity contribution in [1.29, 1.82) is 0 Å². The van der Waals surface area contributed by atoms with Crippen LogP contribution in [0.2, 0.25) is 0 Å². The zero-order valence-corrected chi connectivity index (χ0v) is 13.0. The monoisotopic (exact) mass is 280 g/mol. The number of nitrogens with zero attached hydrogens (tertiary/aromatic N) is 2. The first-order valence-corrected chi connectivity index (χ1v) is 8.25. The number of unbranched alkanes of at least 4 members (excludes halogenated alkanes) is 8. The van der Waals surface area contributed by atoms with Crippen molar-refractivity contribution >= 4 is 0 Å². The summed E-state index contributed by atoms with van der Waals surface area (Å²) in [5.74, 6) is 0. The molecule has 0 unspecified atom stereocenters. The van der Waals surface area contributed by atoms with E-state index in [1.165, 1.54) is 57.9 Å². The Morgan fingerprint density at radius 1 is 0.850 bits per heavy atom. The van der Waals surface area contributed by atoms with Crippen molar-refractivity contribution in [2.24, 2.45) is 0 Å². The quantitative estimate of drug-likeness (QED) is 0.411. The summed E-state index contributed by atoms with van der Waals surface area (Å²) in [6.45, 7) is 7.28. The van der Waals surface area contributed by atoms with E-state index in [0.717, 1.165) is 19.6 Å². The van der Waals surface area contributed by atoms with Gasteiger partial charge in [0.1, 0.15) is 0 Å². The van der Waals surface area contributed by atoms with Gasteiger partial charge in [0.05, 0.1) is 6.67 Å². The van der Waals surface area contributed by atoms with Crippen molar-refractivity contribution in [3.8, 4) is 0 Å².